The fourth-order valence-electron chi connectivity index (χ4n) is 12.8. The summed E-state index contributed by atoms with van der Waals surface area (Å²) in [5, 5.41) is 40.7. The first-order valence-corrected chi connectivity index (χ1v) is 28.9. The second-order valence-electron chi connectivity index (χ2n) is 22.4. The molecule has 0 saturated carbocycles. The van der Waals surface area contributed by atoms with Gasteiger partial charge in [0.05, 0.1) is 32.8 Å². The summed E-state index contributed by atoms with van der Waals surface area (Å²) >= 11 is 7.84. The molecule has 5 fully saturated rings. The van der Waals surface area contributed by atoms with Crippen molar-refractivity contribution >= 4 is 69.8 Å². The molecule has 5 unspecified atom stereocenters. The van der Waals surface area contributed by atoms with Gasteiger partial charge in [0.25, 0.3) is 0 Å². The number of nitrogens with zero attached hydrogens (tertiary/aromatic N) is 7. The molecule has 1 spiro atoms. The molecule has 22 heteroatoms. The number of aliphatic imine (C=N–C) groups is 1. The molecule has 5 atom stereocenters. The maximum absolute atomic E-state index is 17.5. The number of fused-ring (bicyclic) bond motifs is 3. The average Bonchev–Trinajstić information content (AvgIpc) is 3.29. The van der Waals surface area contributed by atoms with E-state index in [1.807, 2.05) is 26.0 Å². The minimum absolute atomic E-state index is 0.00132. The van der Waals surface area contributed by atoms with E-state index in [-0.39, 0.29) is 88.2 Å². The Morgan fingerprint density at radius 1 is 0.963 bits per heavy atom. The number of carbonyl (C=O) groups is 2. The van der Waals surface area contributed by atoms with Crippen LogP contribution in [-0.2, 0) is 9.59 Å². The monoisotopic (exact) mass is 1170 g/mol. The summed E-state index contributed by atoms with van der Waals surface area (Å²) in [7, 11) is 1.00. The molecule has 0 aliphatic carbocycles. The summed E-state index contributed by atoms with van der Waals surface area (Å²) in [6.07, 6.45) is 5.02. The van der Waals surface area contributed by atoms with Crippen molar-refractivity contribution in [3.63, 3.8) is 0 Å². The Labute approximate surface area is 481 Å². The Balaban J connectivity index is 0.00000372. The molecule has 0 radical (unpaired) electrons. The predicted octanol–water partition coefficient (Wildman–Crippen LogP) is 8.17. The number of halogens is 6. The maximum Gasteiger partial charge on any atom is 0.243 e. The molecule has 6 aliphatic rings. The van der Waals surface area contributed by atoms with Gasteiger partial charge in [-0.05, 0) is 99.7 Å². The number of piperidine rings is 1. The summed E-state index contributed by atoms with van der Waals surface area (Å²) in [5.41, 5.74) is 0.753. The summed E-state index contributed by atoms with van der Waals surface area (Å²) in [4.78, 5) is 41.1. The number of piperazine rings is 1. The second kappa shape index (κ2) is 24.2. The van der Waals surface area contributed by atoms with Crippen LogP contribution in [0, 0.1) is 67.6 Å². The molecular weight excluding hydrogens is 1100 g/mol. The molecule has 6 aliphatic heterocycles. The SMILES string of the molecule is C=N/C(=c1/cc(Cl)/c(=c2/ccc(F)c3c2=C(C#N)C(=N)S3)c(F)c1NCCN1CCC2(CC1)CN(c1cc(C(C(=O)N3CCCC3C(=O)NC(C)c3ccc(-c4c(F)cc(F)cc4F)cc3)C(C)C)on1)C2)N1CC2CCC(C1)N2.CO. The van der Waals surface area contributed by atoms with Crippen LogP contribution in [0.3, 0.4) is 0 Å². The third-order valence-electron chi connectivity index (χ3n) is 17.0. The van der Waals surface area contributed by atoms with Gasteiger partial charge in [-0.15, -0.1) is 0 Å². The highest BCUT2D eigenvalue weighted by atomic mass is 35.5. The largest absolute Gasteiger partial charge is 0.400 e. The van der Waals surface area contributed by atoms with Crippen LogP contribution in [0.4, 0.5) is 33.5 Å². The van der Waals surface area contributed by atoms with Crippen LogP contribution in [0.1, 0.15) is 82.6 Å². The van der Waals surface area contributed by atoms with Crippen molar-refractivity contribution in [2.75, 3.05) is 76.2 Å². The lowest BCUT2D eigenvalue weighted by Crippen LogP contribution is -2.60. The first-order chi connectivity index (χ1) is 39.4. The molecule has 11 rings (SSSR count). The number of nitrogens with one attached hydrogen (secondary N) is 4. The zero-order valence-electron chi connectivity index (χ0n) is 46.0. The Bertz CT molecular complexity index is 3570. The number of benzene rings is 4. The van der Waals surface area contributed by atoms with Crippen LogP contribution in [0.2, 0.25) is 5.02 Å². The number of aliphatic hydroxyl groups is 1. The summed E-state index contributed by atoms with van der Waals surface area (Å²) in [6.45, 7) is 15.5. The Hall–Kier alpha value is -6.83. The third kappa shape index (κ3) is 11.2. The molecular formula is C60H65ClF5N11O4S. The lowest BCUT2D eigenvalue weighted by Gasteiger charge is -2.54. The number of hydrogen-bond acceptors (Lipinski definition) is 14. The molecule has 7 heterocycles. The van der Waals surface area contributed by atoms with Gasteiger partial charge in [0.1, 0.15) is 52.2 Å². The van der Waals surface area contributed by atoms with Crippen molar-refractivity contribution in [3.8, 4) is 17.2 Å². The van der Waals surface area contributed by atoms with Gasteiger partial charge in [-0.2, -0.15) is 5.26 Å². The second-order valence-corrected chi connectivity index (χ2v) is 23.9. The van der Waals surface area contributed by atoms with Crippen molar-refractivity contribution in [3.05, 3.63) is 127 Å². The third-order valence-corrected chi connectivity index (χ3v) is 18.3. The first-order valence-electron chi connectivity index (χ1n) is 27.7. The van der Waals surface area contributed by atoms with Crippen LogP contribution in [0.15, 0.2) is 75.1 Å². The fraction of sp³-hybridized carbons (Fsp3) is 0.433. The van der Waals surface area contributed by atoms with Gasteiger partial charge in [-0.1, -0.05) is 72.7 Å². The van der Waals surface area contributed by atoms with Crippen molar-refractivity contribution in [1.82, 2.24) is 30.5 Å². The summed E-state index contributed by atoms with van der Waals surface area (Å²) in [5.74, 6) is -4.10. The first kappa shape index (κ1) is 58.4. The fourth-order valence-corrected chi connectivity index (χ4v) is 14.0. The minimum atomic E-state index is -1.01. The van der Waals surface area contributed by atoms with E-state index in [9.17, 15) is 28.0 Å². The number of amides is 2. The van der Waals surface area contributed by atoms with Gasteiger partial charge in [-0.3, -0.25) is 15.0 Å². The maximum atomic E-state index is 17.5. The molecule has 2 amide bonds. The number of rotatable bonds is 14. The van der Waals surface area contributed by atoms with Crippen LogP contribution in [0.5, 0.6) is 0 Å². The van der Waals surface area contributed by atoms with Gasteiger partial charge in [0, 0.05) is 104 Å². The molecule has 82 heavy (non-hydrogen) atoms. The number of carbonyl (C=O) groups excluding carboxylic acids is 2. The zero-order chi connectivity index (χ0) is 58.3. The standard InChI is InChI=1S/C59H61ClF5N11O3S.CH4O/c1-31(2)48(58(78)76-18-5-6-45(76)57(77)70-32(3)33-7-9-34(10-8-33)49-43(63)22-35(61)23-44(49)64)46-25-47(72-79-46)75-29-59(30-75)15-19-73(20-16-59)21-17-69-53-39(56(68-4)74-27-36-11-12-37(28-74)71-36)24-41(60)51(52(53)65)38-13-14-42(62)54-50(38)40(26-66)55(67)80-54;1-2/h7-10,13-14,22-25,31-32,36-37,45,48,67,69,71H,4-6,11-12,15-21,27-30H2,1-3H3,(H,70,77);2H,1H3/b51-38+,56-39+,67-55?;. The molecule has 15 nitrogen and oxygen atoms in total. The van der Waals surface area contributed by atoms with Gasteiger partial charge in [0.2, 0.25) is 11.8 Å². The van der Waals surface area contributed by atoms with Gasteiger partial charge >= 0.3 is 0 Å². The Morgan fingerprint density at radius 3 is 2.29 bits per heavy atom. The summed E-state index contributed by atoms with van der Waals surface area (Å²) in [6, 6.07) is 15.1. The average molecular weight is 1170 g/mol. The van der Waals surface area contributed by atoms with Gasteiger partial charge < -0.3 is 45.2 Å². The lowest BCUT2D eigenvalue weighted by molar-refractivity contribution is -0.141. The Kier molecular flexibility index (Phi) is 17.2. The van der Waals surface area contributed by atoms with Crippen LogP contribution in [0.25, 0.3) is 22.5 Å². The van der Waals surface area contributed by atoms with E-state index in [1.165, 1.54) is 24.3 Å². The molecule has 4 aromatic carbocycles. The highest BCUT2D eigenvalue weighted by Gasteiger charge is 2.47. The predicted molar refractivity (Wildman–Crippen MR) is 306 cm³/mol. The van der Waals surface area contributed by atoms with Crippen LogP contribution >= 0.6 is 23.4 Å². The van der Waals surface area contributed by atoms with Crippen LogP contribution in [-0.4, -0.2) is 133 Å². The smallest absolute Gasteiger partial charge is 0.243 e. The molecule has 1 aromatic heterocycles. The van der Waals surface area contributed by atoms with Crippen LogP contribution < -0.4 is 31.3 Å². The number of aliphatic hydroxyl groups excluding tert-OH is 1. The normalized spacial score (nSPS) is 21.6. The molecule has 2 bridgehead atoms. The van der Waals surface area contributed by atoms with E-state index in [1.54, 1.807) is 30.0 Å². The number of thioether (sulfide) groups is 1. The Morgan fingerprint density at radius 2 is 1.65 bits per heavy atom. The highest BCUT2D eigenvalue weighted by molar-refractivity contribution is 8.15. The highest BCUT2D eigenvalue weighted by Crippen LogP contribution is 2.44. The number of likely N-dealkylation sites (tertiary alicyclic amines) is 3. The zero-order valence-corrected chi connectivity index (χ0v) is 47.6. The molecule has 5 aromatic rings. The van der Waals surface area contributed by atoms with E-state index in [4.69, 9.17) is 26.6 Å². The van der Waals surface area contributed by atoms with Crippen molar-refractivity contribution in [2.45, 2.75) is 94.3 Å². The lowest BCUT2D eigenvalue weighted by atomic mass is 9.72. The van der Waals surface area contributed by atoms with Crippen molar-refractivity contribution in [2.24, 2.45) is 16.3 Å². The van der Waals surface area contributed by atoms with Crippen molar-refractivity contribution in [1.29, 1.82) is 10.7 Å². The number of hydrogen-bond donors (Lipinski definition) is 5. The van der Waals surface area contributed by atoms with E-state index in [2.05, 4.69) is 47.5 Å². The van der Waals surface area contributed by atoms with E-state index < -0.39 is 47.1 Å². The topological polar surface area (TPSA) is 189 Å². The number of aromatic nitrogens is 1. The van der Waals surface area contributed by atoms with E-state index in [0.717, 1.165) is 70.7 Å². The summed E-state index contributed by atoms with van der Waals surface area (Å²) < 4.78 is 81.1. The number of nitriles is 1. The minimum Gasteiger partial charge on any atom is -0.400 e. The molecule has 432 valence electrons. The molecule has 5 N–H and O–H groups in total. The van der Waals surface area contributed by atoms with E-state index >= 15 is 8.78 Å². The quantitative estimate of drug-likeness (QED) is 0.0531. The van der Waals surface area contributed by atoms with Crippen molar-refractivity contribution < 1.29 is 41.2 Å². The van der Waals surface area contributed by atoms with E-state index in [0.29, 0.717) is 85.9 Å². The molecule has 5 saturated heterocycles. The number of anilines is 2. The van der Waals surface area contributed by atoms with Gasteiger partial charge in [-0.25, -0.2) is 26.9 Å². The van der Waals surface area contributed by atoms with Gasteiger partial charge in [0.15, 0.2) is 17.4 Å².